The first-order valence-electron chi connectivity index (χ1n) is 19.0. The average Bonchev–Trinajstić information content (AvgIpc) is 4.00. The Hall–Kier alpha value is -3.92. The fraction of sp³-hybridized carbons (Fsp3) is 0.615. The van der Waals surface area contributed by atoms with Gasteiger partial charge in [-0.05, 0) is 93.3 Å². The lowest BCUT2D eigenvalue weighted by Gasteiger charge is -2.30. The van der Waals surface area contributed by atoms with Crippen LogP contribution < -0.4 is 24.2 Å². The van der Waals surface area contributed by atoms with Gasteiger partial charge >= 0.3 is 6.03 Å². The number of halogens is 1. The highest BCUT2D eigenvalue weighted by molar-refractivity contribution is 9.10. The molecule has 4 aliphatic rings. The van der Waals surface area contributed by atoms with Gasteiger partial charge in [0.2, 0.25) is 27.7 Å². The lowest BCUT2D eigenvalue weighted by atomic mass is 9.91. The van der Waals surface area contributed by atoms with Crippen LogP contribution in [0.25, 0.3) is 10.9 Å². The Kier molecular flexibility index (Phi) is 11.8. The minimum absolute atomic E-state index is 0.0281. The fourth-order valence-corrected chi connectivity index (χ4v) is 9.42. The van der Waals surface area contributed by atoms with Gasteiger partial charge in [-0.15, -0.1) is 0 Å². The number of sulfonamides is 1. The smallest absolute Gasteiger partial charge is 0.317 e. The SMILES string of the molecule is COc1ccc2c(O[C@@H]3C[C@H]4C(=O)C[C@]5(C(=O)NS(=O)(=O)C6(C)CC6)C[C@H]5/C=C\CCCCC[C@H](NC(=O)N(C)C)C(=O)N4C3)cc(OC(C)C)nc2c1Br. The number of benzene rings is 1. The maximum absolute atomic E-state index is 14.6. The van der Waals surface area contributed by atoms with Gasteiger partial charge in [-0.2, -0.15) is 0 Å². The van der Waals surface area contributed by atoms with Crippen molar-refractivity contribution in [2.24, 2.45) is 11.3 Å². The molecule has 5 atom stereocenters. The Morgan fingerprint density at radius 3 is 2.53 bits per heavy atom. The number of urea groups is 1. The minimum Gasteiger partial charge on any atom is -0.495 e. The molecular formula is C39H52BrN5O9S. The maximum Gasteiger partial charge on any atom is 0.317 e. The van der Waals surface area contributed by atoms with Crippen molar-refractivity contribution in [2.45, 2.75) is 114 Å². The predicted octanol–water partition coefficient (Wildman–Crippen LogP) is 5.27. The zero-order valence-corrected chi connectivity index (χ0v) is 34.8. The summed E-state index contributed by atoms with van der Waals surface area (Å²) >= 11 is 3.60. The van der Waals surface area contributed by atoms with E-state index in [0.717, 1.165) is 19.3 Å². The molecule has 0 spiro atoms. The van der Waals surface area contributed by atoms with Crippen molar-refractivity contribution in [2.75, 3.05) is 27.7 Å². The summed E-state index contributed by atoms with van der Waals surface area (Å²) in [4.78, 5) is 63.5. The van der Waals surface area contributed by atoms with Crippen LogP contribution >= 0.6 is 15.9 Å². The third kappa shape index (κ3) is 8.59. The van der Waals surface area contributed by atoms with E-state index in [1.165, 1.54) is 9.80 Å². The van der Waals surface area contributed by atoms with Gasteiger partial charge in [0.15, 0.2) is 5.78 Å². The Morgan fingerprint density at radius 2 is 1.85 bits per heavy atom. The number of nitrogens with one attached hydrogen (secondary N) is 2. The minimum atomic E-state index is -3.95. The quantitative estimate of drug-likeness (QED) is 0.317. The highest BCUT2D eigenvalue weighted by atomic mass is 79.9. The van der Waals surface area contributed by atoms with E-state index in [0.29, 0.717) is 64.9 Å². The van der Waals surface area contributed by atoms with E-state index in [-0.39, 0.29) is 37.2 Å². The van der Waals surface area contributed by atoms with E-state index in [2.05, 4.69) is 26.0 Å². The summed E-state index contributed by atoms with van der Waals surface area (Å²) < 4.78 is 46.4. The second-order valence-corrected chi connectivity index (χ2v) is 19.0. The third-order valence-corrected chi connectivity index (χ3v) is 14.2. The molecule has 0 radical (unpaired) electrons. The molecule has 2 aliphatic carbocycles. The number of ketones is 1. The molecule has 0 unspecified atom stereocenters. The Labute approximate surface area is 331 Å². The second-order valence-electron chi connectivity index (χ2n) is 16.0. The molecule has 1 aromatic heterocycles. The number of carbonyl (C=O) groups excluding carboxylic acids is 4. The summed E-state index contributed by atoms with van der Waals surface area (Å²) in [5.74, 6) is -0.500. The first-order valence-corrected chi connectivity index (χ1v) is 21.3. The van der Waals surface area contributed by atoms with Crippen molar-refractivity contribution in [1.82, 2.24) is 24.8 Å². The Balaban J connectivity index is 1.35. The van der Waals surface area contributed by atoms with Crippen LogP contribution in [0.5, 0.6) is 17.4 Å². The number of methoxy groups -OCH3 is 1. The number of fused-ring (bicyclic) bond motifs is 3. The van der Waals surface area contributed by atoms with Crippen LogP contribution in [0.4, 0.5) is 4.79 Å². The Bertz CT molecular complexity index is 1980. The normalized spacial score (nSPS) is 27.2. The van der Waals surface area contributed by atoms with Crippen LogP contribution in [-0.2, 0) is 24.4 Å². The van der Waals surface area contributed by atoms with Gasteiger partial charge < -0.3 is 29.3 Å². The summed E-state index contributed by atoms with van der Waals surface area (Å²) in [5.41, 5.74) is -0.733. The topological polar surface area (TPSA) is 174 Å². The molecule has 3 heterocycles. The molecule has 16 heteroatoms. The number of amides is 4. The van der Waals surface area contributed by atoms with Crippen LogP contribution in [0.1, 0.15) is 85.0 Å². The van der Waals surface area contributed by atoms with Crippen LogP contribution in [0.15, 0.2) is 34.8 Å². The Morgan fingerprint density at radius 1 is 1.11 bits per heavy atom. The number of aromatic nitrogens is 1. The van der Waals surface area contributed by atoms with Gasteiger partial charge in [-0.3, -0.25) is 19.1 Å². The van der Waals surface area contributed by atoms with Crippen LogP contribution in [0, 0.1) is 11.3 Å². The molecular weight excluding hydrogens is 794 g/mol. The van der Waals surface area contributed by atoms with E-state index in [4.69, 9.17) is 19.2 Å². The van der Waals surface area contributed by atoms with Crippen molar-refractivity contribution in [3.05, 3.63) is 34.8 Å². The van der Waals surface area contributed by atoms with E-state index in [9.17, 15) is 27.6 Å². The zero-order valence-electron chi connectivity index (χ0n) is 32.4. The van der Waals surface area contributed by atoms with E-state index < -0.39 is 56.2 Å². The fourth-order valence-electron chi connectivity index (χ4n) is 7.49. The highest BCUT2D eigenvalue weighted by Gasteiger charge is 2.62. The number of rotatable bonds is 9. The van der Waals surface area contributed by atoms with Crippen molar-refractivity contribution >= 4 is 60.5 Å². The summed E-state index contributed by atoms with van der Waals surface area (Å²) in [6.07, 6.45) is 7.53. The summed E-state index contributed by atoms with van der Waals surface area (Å²) in [7, 11) is 0.788. The summed E-state index contributed by atoms with van der Waals surface area (Å²) in [5, 5.41) is 3.51. The van der Waals surface area contributed by atoms with Crippen LogP contribution in [0.2, 0.25) is 0 Å². The van der Waals surface area contributed by atoms with Crippen molar-refractivity contribution in [3.63, 3.8) is 0 Å². The van der Waals surface area contributed by atoms with Crippen molar-refractivity contribution in [3.8, 4) is 17.4 Å². The molecule has 0 bridgehead atoms. The first kappa shape index (κ1) is 40.7. The number of hydrogen-bond acceptors (Lipinski definition) is 10. The highest BCUT2D eigenvalue weighted by Crippen LogP contribution is 2.57. The number of nitrogens with zero attached hydrogens (tertiary/aromatic N) is 3. The number of allylic oxidation sites excluding steroid dienone is 2. The van der Waals surface area contributed by atoms with Crippen LogP contribution in [0.3, 0.4) is 0 Å². The lowest BCUT2D eigenvalue weighted by Crippen LogP contribution is -2.54. The van der Waals surface area contributed by atoms with E-state index >= 15 is 0 Å². The number of hydrogen-bond donors (Lipinski definition) is 2. The number of Topliss-reactive ketones (excluding diaryl/α,β-unsaturated/α-hetero) is 1. The first-order chi connectivity index (χ1) is 26.0. The largest absolute Gasteiger partial charge is 0.495 e. The molecule has 55 heavy (non-hydrogen) atoms. The lowest BCUT2D eigenvalue weighted by molar-refractivity contribution is -0.140. The number of pyridine rings is 1. The molecule has 2 N–H and O–H groups in total. The van der Waals surface area contributed by atoms with Crippen molar-refractivity contribution in [1.29, 1.82) is 0 Å². The van der Waals surface area contributed by atoms with Crippen molar-refractivity contribution < 1.29 is 41.8 Å². The standard InChI is InChI=1S/C39H52BrN5O9S/c1-23(2)53-32-19-31(26-14-15-30(52-6)33(40)34(26)42-32)54-25-18-28-29(46)21-39(36(48)43-55(50,51)38(3)16-17-38)20-24(39)12-10-8-7-9-11-13-27(35(47)45(28)22-25)41-37(49)44(4)5/h10,12,14-15,19,23-25,27-28H,7-9,11,13,16-18,20-22H2,1-6H3,(H,41,49)(H,43,48)/b12-10-/t24-,25-,27+,28+,39-/m1/s1. The van der Waals surface area contributed by atoms with Gasteiger partial charge in [-0.1, -0.05) is 25.0 Å². The van der Waals surface area contributed by atoms with E-state index in [1.807, 2.05) is 32.1 Å². The van der Waals surface area contributed by atoms with Gasteiger partial charge in [0, 0.05) is 38.4 Å². The monoisotopic (exact) mass is 845 g/mol. The molecule has 2 saturated carbocycles. The van der Waals surface area contributed by atoms with Gasteiger partial charge in [-0.25, -0.2) is 18.2 Å². The predicted molar refractivity (Wildman–Crippen MR) is 209 cm³/mol. The number of carbonyl (C=O) groups is 4. The molecule has 2 aromatic rings. The summed E-state index contributed by atoms with van der Waals surface area (Å²) in [6, 6.07) is 2.94. The maximum atomic E-state index is 14.6. The van der Waals surface area contributed by atoms with Gasteiger partial charge in [0.05, 0.1) is 46.0 Å². The van der Waals surface area contributed by atoms with Gasteiger partial charge in [0.1, 0.15) is 23.6 Å². The zero-order chi connectivity index (χ0) is 39.9. The van der Waals surface area contributed by atoms with E-state index in [1.54, 1.807) is 40.3 Å². The van der Waals surface area contributed by atoms with Crippen LogP contribution in [-0.4, -0.2) is 104 Å². The molecule has 4 amide bonds. The molecule has 14 nitrogen and oxygen atoms in total. The van der Waals surface area contributed by atoms with Gasteiger partial charge in [0.25, 0.3) is 0 Å². The molecule has 3 fully saturated rings. The third-order valence-electron chi connectivity index (χ3n) is 11.2. The molecule has 1 saturated heterocycles. The molecule has 6 rings (SSSR count). The average molecular weight is 847 g/mol. The molecule has 2 aliphatic heterocycles. The second kappa shape index (κ2) is 15.9. The summed E-state index contributed by atoms with van der Waals surface area (Å²) in [6.45, 7) is 5.40. The molecule has 300 valence electrons. The molecule has 1 aromatic carbocycles. The number of ether oxygens (including phenoxy) is 3.